The van der Waals surface area contributed by atoms with Gasteiger partial charge in [-0.3, -0.25) is 0 Å². The van der Waals surface area contributed by atoms with E-state index in [0.29, 0.717) is 24.1 Å². The number of phenols is 1. The fourth-order valence-electron chi connectivity index (χ4n) is 2.51. The summed E-state index contributed by atoms with van der Waals surface area (Å²) in [6.45, 7) is 4.12. The lowest BCUT2D eigenvalue weighted by molar-refractivity contribution is 0.387. The highest BCUT2D eigenvalue weighted by Crippen LogP contribution is 2.32. The average Bonchev–Trinajstić information content (AvgIpc) is 3.24. The molecule has 0 bridgehead atoms. The lowest BCUT2D eigenvalue weighted by Gasteiger charge is -2.24. The molecule has 3 saturated heterocycles. The van der Waals surface area contributed by atoms with Gasteiger partial charge in [0.05, 0.1) is 43.8 Å². The molecular weight excluding hydrogens is 258 g/mol. The van der Waals surface area contributed by atoms with Crippen LogP contribution in [0.4, 0.5) is 5.69 Å². The van der Waals surface area contributed by atoms with E-state index in [1.165, 1.54) is 5.56 Å². The van der Waals surface area contributed by atoms with Gasteiger partial charge in [0.15, 0.2) is 0 Å². The van der Waals surface area contributed by atoms with Crippen LogP contribution in [0, 0.1) is 0 Å². The Balaban J connectivity index is 1.54. The van der Waals surface area contributed by atoms with E-state index in [1.807, 2.05) is 6.07 Å². The smallest absolute Gasteiger partial charge is 0.138 e. The standard InChI is InChI=1S/C15H19NO4/c17-15-2-1-10(3-11-7-18-11)4-14(15)16(5-12-8-19-12)6-13-9-20-13/h1-2,4,11-13,17H,3,5-9H2. The second-order valence-corrected chi connectivity index (χ2v) is 5.80. The molecule has 4 rings (SSSR count). The molecule has 108 valence electrons. The Bertz CT molecular complexity index is 481. The van der Waals surface area contributed by atoms with Crippen LogP contribution in [-0.4, -0.2) is 56.3 Å². The van der Waals surface area contributed by atoms with Crippen LogP contribution < -0.4 is 4.90 Å². The zero-order chi connectivity index (χ0) is 13.5. The Kier molecular flexibility index (Phi) is 3.06. The van der Waals surface area contributed by atoms with Gasteiger partial charge in [-0.05, 0) is 17.7 Å². The molecule has 20 heavy (non-hydrogen) atoms. The number of nitrogens with zero attached hydrogens (tertiary/aromatic N) is 1. The normalized spacial score (nSPS) is 30.1. The van der Waals surface area contributed by atoms with Crippen LogP contribution >= 0.6 is 0 Å². The maximum absolute atomic E-state index is 10.2. The Morgan fingerprint density at radius 1 is 1.00 bits per heavy atom. The van der Waals surface area contributed by atoms with E-state index in [0.717, 1.165) is 45.0 Å². The third-order valence-corrected chi connectivity index (χ3v) is 3.90. The maximum Gasteiger partial charge on any atom is 0.138 e. The first-order valence-corrected chi connectivity index (χ1v) is 7.19. The minimum atomic E-state index is 0.295. The van der Waals surface area contributed by atoms with Crippen LogP contribution in [-0.2, 0) is 20.6 Å². The molecule has 0 radical (unpaired) electrons. The second-order valence-electron chi connectivity index (χ2n) is 5.80. The van der Waals surface area contributed by atoms with E-state index < -0.39 is 0 Å². The Labute approximate surface area is 118 Å². The minimum Gasteiger partial charge on any atom is -0.506 e. The average molecular weight is 277 g/mol. The summed E-state index contributed by atoms with van der Waals surface area (Å²) in [5.74, 6) is 0.326. The van der Waals surface area contributed by atoms with E-state index in [2.05, 4.69) is 11.0 Å². The van der Waals surface area contributed by atoms with Crippen molar-refractivity contribution in [2.24, 2.45) is 0 Å². The number of phenolic OH excluding ortho intramolecular Hbond substituents is 1. The first-order chi connectivity index (χ1) is 9.78. The van der Waals surface area contributed by atoms with Gasteiger partial charge in [-0.2, -0.15) is 0 Å². The number of aromatic hydroxyl groups is 1. The Hall–Kier alpha value is -1.30. The molecule has 3 aliphatic rings. The van der Waals surface area contributed by atoms with Crippen molar-refractivity contribution < 1.29 is 19.3 Å². The highest BCUT2D eigenvalue weighted by atomic mass is 16.6. The van der Waals surface area contributed by atoms with Gasteiger partial charge in [-0.25, -0.2) is 0 Å². The third-order valence-electron chi connectivity index (χ3n) is 3.90. The molecule has 0 saturated carbocycles. The SMILES string of the molecule is Oc1ccc(CC2CO2)cc1N(CC1CO1)CC1CO1. The summed E-state index contributed by atoms with van der Waals surface area (Å²) in [5.41, 5.74) is 2.09. The van der Waals surface area contributed by atoms with Crippen molar-refractivity contribution in [2.45, 2.75) is 24.7 Å². The summed E-state index contributed by atoms with van der Waals surface area (Å²) in [6.07, 6.45) is 1.87. The molecule has 5 nitrogen and oxygen atoms in total. The zero-order valence-electron chi connectivity index (χ0n) is 11.3. The van der Waals surface area contributed by atoms with Crippen LogP contribution in [0.15, 0.2) is 18.2 Å². The fraction of sp³-hybridized carbons (Fsp3) is 0.600. The summed E-state index contributed by atoms with van der Waals surface area (Å²) < 4.78 is 15.9. The predicted octanol–water partition coefficient (Wildman–Crippen LogP) is 0.938. The molecule has 0 spiro atoms. The van der Waals surface area contributed by atoms with Crippen LogP contribution in [0.5, 0.6) is 5.75 Å². The van der Waals surface area contributed by atoms with Crippen LogP contribution in [0.25, 0.3) is 0 Å². The lowest BCUT2D eigenvalue weighted by atomic mass is 10.1. The Morgan fingerprint density at radius 2 is 1.60 bits per heavy atom. The number of rotatable bonds is 7. The summed E-state index contributed by atoms with van der Waals surface area (Å²) >= 11 is 0. The molecule has 0 aromatic heterocycles. The number of anilines is 1. The first kappa shape index (κ1) is 12.4. The molecule has 3 aliphatic heterocycles. The van der Waals surface area contributed by atoms with Crippen LogP contribution in [0.2, 0.25) is 0 Å². The van der Waals surface area contributed by atoms with Gasteiger partial charge in [-0.1, -0.05) is 6.07 Å². The summed E-state index contributed by atoms with van der Waals surface area (Å²) in [4.78, 5) is 2.18. The molecule has 3 fully saturated rings. The molecule has 3 unspecified atom stereocenters. The molecule has 5 heteroatoms. The molecule has 1 N–H and O–H groups in total. The van der Waals surface area contributed by atoms with Crippen molar-refractivity contribution in [3.05, 3.63) is 23.8 Å². The van der Waals surface area contributed by atoms with Gasteiger partial charge in [0, 0.05) is 19.5 Å². The number of epoxide rings is 3. The molecule has 1 aromatic carbocycles. The largest absolute Gasteiger partial charge is 0.506 e. The molecule has 0 amide bonds. The van der Waals surface area contributed by atoms with E-state index in [1.54, 1.807) is 6.07 Å². The minimum absolute atomic E-state index is 0.295. The summed E-state index contributed by atoms with van der Waals surface area (Å²) in [6, 6.07) is 5.82. The maximum atomic E-state index is 10.2. The van der Waals surface area contributed by atoms with Crippen molar-refractivity contribution in [3.63, 3.8) is 0 Å². The quantitative estimate of drug-likeness (QED) is 0.752. The van der Waals surface area contributed by atoms with Crippen molar-refractivity contribution in [3.8, 4) is 5.75 Å². The lowest BCUT2D eigenvalue weighted by Crippen LogP contribution is -2.31. The number of hydrogen-bond donors (Lipinski definition) is 1. The molecule has 3 heterocycles. The van der Waals surface area contributed by atoms with Crippen molar-refractivity contribution in [1.82, 2.24) is 0 Å². The second kappa shape index (κ2) is 4.91. The number of ether oxygens (including phenoxy) is 3. The van der Waals surface area contributed by atoms with Crippen molar-refractivity contribution in [2.75, 3.05) is 37.8 Å². The van der Waals surface area contributed by atoms with Crippen molar-refractivity contribution in [1.29, 1.82) is 0 Å². The predicted molar refractivity (Wildman–Crippen MR) is 73.2 cm³/mol. The molecule has 0 aliphatic carbocycles. The van der Waals surface area contributed by atoms with Crippen LogP contribution in [0.1, 0.15) is 5.56 Å². The number of hydrogen-bond acceptors (Lipinski definition) is 5. The van der Waals surface area contributed by atoms with Gasteiger partial charge in [0.25, 0.3) is 0 Å². The van der Waals surface area contributed by atoms with Gasteiger partial charge >= 0.3 is 0 Å². The monoisotopic (exact) mass is 277 g/mol. The van der Waals surface area contributed by atoms with Crippen molar-refractivity contribution >= 4 is 5.69 Å². The van der Waals surface area contributed by atoms with E-state index in [4.69, 9.17) is 14.2 Å². The first-order valence-electron chi connectivity index (χ1n) is 7.19. The van der Waals surface area contributed by atoms with Gasteiger partial charge < -0.3 is 24.2 Å². The Morgan fingerprint density at radius 3 is 2.15 bits per heavy atom. The summed E-state index contributed by atoms with van der Waals surface area (Å²) in [7, 11) is 0. The van der Waals surface area contributed by atoms with Gasteiger partial charge in [0.1, 0.15) is 5.75 Å². The highest BCUT2D eigenvalue weighted by Gasteiger charge is 2.32. The fourth-order valence-corrected chi connectivity index (χ4v) is 2.51. The highest BCUT2D eigenvalue weighted by molar-refractivity contribution is 5.60. The molecular formula is C15H19NO4. The summed E-state index contributed by atoms with van der Waals surface area (Å²) in [5, 5.41) is 10.2. The van der Waals surface area contributed by atoms with E-state index >= 15 is 0 Å². The zero-order valence-corrected chi connectivity index (χ0v) is 11.3. The van der Waals surface area contributed by atoms with Gasteiger partial charge in [0.2, 0.25) is 0 Å². The molecule has 1 aromatic rings. The number of benzene rings is 1. The topological polar surface area (TPSA) is 61.1 Å². The molecule has 3 atom stereocenters. The van der Waals surface area contributed by atoms with Gasteiger partial charge in [-0.15, -0.1) is 0 Å². The van der Waals surface area contributed by atoms with E-state index in [-0.39, 0.29) is 0 Å². The van der Waals surface area contributed by atoms with E-state index in [9.17, 15) is 5.11 Å². The van der Waals surface area contributed by atoms with Crippen LogP contribution in [0.3, 0.4) is 0 Å². The third kappa shape index (κ3) is 3.06.